The fraction of sp³-hybridized carbons (Fsp3) is 0.278. The van der Waals surface area contributed by atoms with Crippen molar-refractivity contribution in [3.8, 4) is 5.75 Å². The predicted molar refractivity (Wildman–Crippen MR) is 88.7 cm³/mol. The zero-order chi connectivity index (χ0) is 18.2. The molecule has 2 rings (SSSR count). The number of amides is 1. The van der Waals surface area contributed by atoms with Crippen molar-refractivity contribution in [2.75, 3.05) is 0 Å². The van der Waals surface area contributed by atoms with E-state index in [4.69, 9.17) is 14.3 Å². The van der Waals surface area contributed by atoms with E-state index in [2.05, 4.69) is 5.32 Å². The molecule has 2 aromatic rings. The Morgan fingerprint density at radius 2 is 1.96 bits per heavy atom. The van der Waals surface area contributed by atoms with Crippen molar-refractivity contribution in [1.82, 2.24) is 5.32 Å². The maximum absolute atomic E-state index is 12.1. The summed E-state index contributed by atoms with van der Waals surface area (Å²) in [7, 11) is 0. The number of hydrogen-bond donors (Lipinski definition) is 2. The number of rotatable bonds is 9. The Morgan fingerprint density at radius 3 is 2.56 bits per heavy atom. The third-order valence-corrected chi connectivity index (χ3v) is 3.46. The summed E-state index contributed by atoms with van der Waals surface area (Å²) in [5.74, 6) is -0.655. The highest BCUT2D eigenvalue weighted by Crippen LogP contribution is 2.15. The SMILES string of the molecule is CCCC(NC(=O)c1ccc(COc2ccc(C=O)cc2)o1)C(=O)O. The zero-order valence-corrected chi connectivity index (χ0v) is 13.7. The molecule has 0 aliphatic heterocycles. The number of benzene rings is 1. The van der Waals surface area contributed by atoms with Gasteiger partial charge in [-0.05, 0) is 42.8 Å². The molecule has 0 saturated carbocycles. The van der Waals surface area contributed by atoms with Gasteiger partial charge in [-0.2, -0.15) is 0 Å². The number of aldehydes is 1. The second kappa shape index (κ2) is 8.68. The summed E-state index contributed by atoms with van der Waals surface area (Å²) in [5.41, 5.74) is 0.546. The monoisotopic (exact) mass is 345 g/mol. The Hall–Kier alpha value is -3.09. The minimum atomic E-state index is -1.08. The van der Waals surface area contributed by atoms with Gasteiger partial charge in [0.15, 0.2) is 5.76 Å². The molecular formula is C18H19NO6. The lowest BCUT2D eigenvalue weighted by Crippen LogP contribution is -2.40. The molecule has 0 bridgehead atoms. The summed E-state index contributed by atoms with van der Waals surface area (Å²) in [6, 6.07) is 8.68. The highest BCUT2D eigenvalue weighted by Gasteiger charge is 2.21. The van der Waals surface area contributed by atoms with Crippen LogP contribution in [0.3, 0.4) is 0 Å². The van der Waals surface area contributed by atoms with E-state index >= 15 is 0 Å². The maximum atomic E-state index is 12.1. The van der Waals surface area contributed by atoms with Crippen LogP contribution in [0.1, 0.15) is 46.4 Å². The van der Waals surface area contributed by atoms with E-state index in [0.29, 0.717) is 29.9 Å². The third-order valence-electron chi connectivity index (χ3n) is 3.46. The Labute approximate surface area is 144 Å². The molecule has 7 nitrogen and oxygen atoms in total. The summed E-state index contributed by atoms with van der Waals surface area (Å²) >= 11 is 0. The van der Waals surface area contributed by atoms with Gasteiger partial charge in [0.25, 0.3) is 5.91 Å². The molecule has 7 heteroatoms. The number of ether oxygens (including phenoxy) is 1. The van der Waals surface area contributed by atoms with E-state index in [9.17, 15) is 14.4 Å². The molecule has 0 fully saturated rings. The predicted octanol–water partition coefficient (Wildman–Crippen LogP) is 2.65. The van der Waals surface area contributed by atoms with E-state index in [-0.39, 0.29) is 12.4 Å². The largest absolute Gasteiger partial charge is 0.486 e. The molecule has 1 amide bonds. The molecule has 2 N–H and O–H groups in total. The van der Waals surface area contributed by atoms with Crippen LogP contribution < -0.4 is 10.1 Å². The van der Waals surface area contributed by atoms with Crippen LogP contribution >= 0.6 is 0 Å². The van der Waals surface area contributed by atoms with Gasteiger partial charge in [-0.3, -0.25) is 9.59 Å². The number of hydrogen-bond acceptors (Lipinski definition) is 5. The quantitative estimate of drug-likeness (QED) is 0.677. The zero-order valence-electron chi connectivity index (χ0n) is 13.7. The van der Waals surface area contributed by atoms with Crippen LogP contribution in [-0.4, -0.2) is 29.3 Å². The molecule has 1 heterocycles. The van der Waals surface area contributed by atoms with E-state index in [0.717, 1.165) is 6.29 Å². The Morgan fingerprint density at radius 1 is 1.24 bits per heavy atom. The van der Waals surface area contributed by atoms with Gasteiger partial charge in [-0.25, -0.2) is 4.79 Å². The standard InChI is InChI=1S/C18H19NO6/c1-2-3-15(18(22)23)19-17(21)16-9-8-14(25-16)11-24-13-6-4-12(10-20)5-7-13/h4-10,15H,2-3,11H2,1H3,(H,19,21)(H,22,23). The first-order chi connectivity index (χ1) is 12.0. The second-order valence-corrected chi connectivity index (χ2v) is 5.39. The van der Waals surface area contributed by atoms with Crippen LogP contribution in [0.2, 0.25) is 0 Å². The number of aliphatic carboxylic acids is 1. The van der Waals surface area contributed by atoms with Crippen molar-refractivity contribution in [3.05, 3.63) is 53.5 Å². The minimum Gasteiger partial charge on any atom is -0.486 e. The summed E-state index contributed by atoms with van der Waals surface area (Å²) in [5, 5.41) is 11.5. The summed E-state index contributed by atoms with van der Waals surface area (Å²) in [6.07, 6.45) is 1.72. The number of carboxylic acids is 1. The molecule has 0 aliphatic rings. The molecule has 1 unspecified atom stereocenters. The lowest BCUT2D eigenvalue weighted by molar-refractivity contribution is -0.139. The normalized spacial score (nSPS) is 11.6. The summed E-state index contributed by atoms with van der Waals surface area (Å²) in [6.45, 7) is 1.94. The molecule has 0 aliphatic carbocycles. The van der Waals surface area contributed by atoms with Crippen LogP contribution in [0.25, 0.3) is 0 Å². The number of carboxylic acid groups (broad SMARTS) is 1. The van der Waals surface area contributed by atoms with Crippen molar-refractivity contribution in [2.24, 2.45) is 0 Å². The second-order valence-electron chi connectivity index (χ2n) is 5.39. The minimum absolute atomic E-state index is 0.0252. The smallest absolute Gasteiger partial charge is 0.326 e. The third kappa shape index (κ3) is 5.20. The first kappa shape index (κ1) is 18.3. The van der Waals surface area contributed by atoms with Crippen molar-refractivity contribution >= 4 is 18.2 Å². The number of carbonyl (C=O) groups is 3. The fourth-order valence-electron chi connectivity index (χ4n) is 2.15. The summed E-state index contributed by atoms with van der Waals surface area (Å²) < 4.78 is 10.9. The van der Waals surface area contributed by atoms with E-state index < -0.39 is 17.9 Å². The van der Waals surface area contributed by atoms with Gasteiger partial charge in [0.1, 0.15) is 30.4 Å². The average Bonchev–Trinajstić information content (AvgIpc) is 3.09. The first-order valence-electron chi connectivity index (χ1n) is 7.84. The molecule has 25 heavy (non-hydrogen) atoms. The highest BCUT2D eigenvalue weighted by molar-refractivity contribution is 5.94. The van der Waals surface area contributed by atoms with E-state index in [1.54, 1.807) is 30.3 Å². The van der Waals surface area contributed by atoms with Crippen LogP contribution in [0.5, 0.6) is 5.75 Å². The molecule has 1 aromatic carbocycles. The van der Waals surface area contributed by atoms with Crippen molar-refractivity contribution in [1.29, 1.82) is 0 Å². The van der Waals surface area contributed by atoms with Gasteiger partial charge in [0, 0.05) is 5.56 Å². The topological polar surface area (TPSA) is 106 Å². The molecule has 1 aromatic heterocycles. The van der Waals surface area contributed by atoms with Crippen molar-refractivity contribution in [2.45, 2.75) is 32.4 Å². The van der Waals surface area contributed by atoms with Crippen molar-refractivity contribution in [3.63, 3.8) is 0 Å². The van der Waals surface area contributed by atoms with Gasteiger partial charge < -0.3 is 19.6 Å². The van der Waals surface area contributed by atoms with Gasteiger partial charge in [0.2, 0.25) is 0 Å². The maximum Gasteiger partial charge on any atom is 0.326 e. The molecule has 132 valence electrons. The molecular weight excluding hydrogens is 326 g/mol. The Kier molecular flexibility index (Phi) is 6.33. The van der Waals surface area contributed by atoms with Crippen LogP contribution in [0.15, 0.2) is 40.8 Å². The van der Waals surface area contributed by atoms with Gasteiger partial charge >= 0.3 is 5.97 Å². The summed E-state index contributed by atoms with van der Waals surface area (Å²) in [4.78, 5) is 33.7. The van der Waals surface area contributed by atoms with Crippen LogP contribution in [0, 0.1) is 0 Å². The molecule has 0 saturated heterocycles. The fourth-order valence-corrected chi connectivity index (χ4v) is 2.15. The first-order valence-corrected chi connectivity index (χ1v) is 7.84. The van der Waals surface area contributed by atoms with E-state index in [1.165, 1.54) is 6.07 Å². The van der Waals surface area contributed by atoms with E-state index in [1.807, 2.05) is 6.92 Å². The lowest BCUT2D eigenvalue weighted by Gasteiger charge is -2.12. The molecule has 0 radical (unpaired) electrons. The van der Waals surface area contributed by atoms with Crippen molar-refractivity contribution < 1.29 is 28.6 Å². The van der Waals surface area contributed by atoms with Gasteiger partial charge in [-0.15, -0.1) is 0 Å². The average molecular weight is 345 g/mol. The number of nitrogens with one attached hydrogen (secondary N) is 1. The highest BCUT2D eigenvalue weighted by atomic mass is 16.5. The number of carbonyl (C=O) groups excluding carboxylic acids is 2. The molecule has 0 spiro atoms. The van der Waals surface area contributed by atoms with Crippen LogP contribution in [0.4, 0.5) is 0 Å². The van der Waals surface area contributed by atoms with Crippen LogP contribution in [-0.2, 0) is 11.4 Å². The number of furan rings is 1. The Balaban J connectivity index is 1.93. The van der Waals surface area contributed by atoms with Gasteiger partial charge in [-0.1, -0.05) is 13.3 Å². The Bertz CT molecular complexity index is 734. The lowest BCUT2D eigenvalue weighted by atomic mass is 10.1. The van der Waals surface area contributed by atoms with Gasteiger partial charge in [0.05, 0.1) is 0 Å². The molecule has 1 atom stereocenters.